The second-order valence-electron chi connectivity index (χ2n) is 5.88. The Hall–Kier alpha value is -0.820. The fourth-order valence-corrected chi connectivity index (χ4v) is 2.61. The van der Waals surface area contributed by atoms with Crippen molar-refractivity contribution in [2.75, 3.05) is 19.6 Å². The zero-order valence-corrected chi connectivity index (χ0v) is 11.4. The molecule has 0 bridgehead atoms. The van der Waals surface area contributed by atoms with Crippen LogP contribution in [-0.4, -0.2) is 24.5 Å². The van der Waals surface area contributed by atoms with E-state index < -0.39 is 0 Å². The largest absolute Gasteiger partial charge is 0.302 e. The number of nitrogens with zero attached hydrogens (tertiary/aromatic N) is 1. The molecule has 1 heteroatoms. The fraction of sp³-hybridized carbons (Fsp3) is 0.625. The number of hydrogen-bond acceptors (Lipinski definition) is 1. The molecule has 1 heterocycles. The maximum Gasteiger partial charge on any atom is 0.00509 e. The molecule has 1 fully saturated rings. The smallest absolute Gasteiger partial charge is 0.00509 e. The third kappa shape index (κ3) is 3.32. The van der Waals surface area contributed by atoms with Gasteiger partial charge in [0.2, 0.25) is 0 Å². The van der Waals surface area contributed by atoms with Crippen molar-refractivity contribution in [3.8, 4) is 0 Å². The predicted octanol–water partition coefficient (Wildman–Crippen LogP) is 3.77. The van der Waals surface area contributed by atoms with Gasteiger partial charge in [0, 0.05) is 13.1 Å². The fourth-order valence-electron chi connectivity index (χ4n) is 2.61. The summed E-state index contributed by atoms with van der Waals surface area (Å²) in [4.78, 5) is 2.64. The average molecular weight is 231 g/mol. The molecule has 1 aromatic carbocycles. The van der Waals surface area contributed by atoms with Gasteiger partial charge in [-0.2, -0.15) is 0 Å². The van der Waals surface area contributed by atoms with Crippen LogP contribution in [0.15, 0.2) is 30.3 Å². The van der Waals surface area contributed by atoms with Crippen molar-refractivity contribution in [3.63, 3.8) is 0 Å². The molecule has 0 aromatic heterocycles. The molecule has 94 valence electrons. The molecule has 0 saturated carbocycles. The third-order valence-corrected chi connectivity index (χ3v) is 4.23. The lowest BCUT2D eigenvalue weighted by Crippen LogP contribution is -2.28. The van der Waals surface area contributed by atoms with Crippen LogP contribution in [0.1, 0.15) is 38.7 Å². The van der Waals surface area contributed by atoms with E-state index in [1.165, 1.54) is 31.6 Å². The summed E-state index contributed by atoms with van der Waals surface area (Å²) in [5, 5.41) is 0. The molecular formula is C16H25N. The molecule has 17 heavy (non-hydrogen) atoms. The SMILES string of the molecule is CC(C)[C@@H](C)CN1CC[C@H](c2ccccc2)C1. The summed E-state index contributed by atoms with van der Waals surface area (Å²) in [5.41, 5.74) is 1.52. The van der Waals surface area contributed by atoms with E-state index in [4.69, 9.17) is 0 Å². The highest BCUT2D eigenvalue weighted by Gasteiger charge is 2.25. The van der Waals surface area contributed by atoms with Crippen LogP contribution in [0, 0.1) is 11.8 Å². The van der Waals surface area contributed by atoms with Crippen molar-refractivity contribution < 1.29 is 0 Å². The second-order valence-corrected chi connectivity index (χ2v) is 5.88. The van der Waals surface area contributed by atoms with Crippen LogP contribution < -0.4 is 0 Å². The van der Waals surface area contributed by atoms with Crippen LogP contribution in [0.4, 0.5) is 0 Å². The summed E-state index contributed by atoms with van der Waals surface area (Å²) in [6, 6.07) is 11.0. The van der Waals surface area contributed by atoms with E-state index in [9.17, 15) is 0 Å². The Balaban J connectivity index is 1.88. The minimum Gasteiger partial charge on any atom is -0.302 e. The van der Waals surface area contributed by atoms with E-state index in [0.717, 1.165) is 17.8 Å². The van der Waals surface area contributed by atoms with Gasteiger partial charge < -0.3 is 4.90 Å². The first-order valence-electron chi connectivity index (χ1n) is 6.94. The van der Waals surface area contributed by atoms with Crippen LogP contribution in [0.5, 0.6) is 0 Å². The van der Waals surface area contributed by atoms with Gasteiger partial charge in [0.05, 0.1) is 0 Å². The first-order chi connectivity index (χ1) is 8.16. The standard InChI is InChI=1S/C16H25N/c1-13(2)14(3)11-17-10-9-16(12-17)15-7-5-4-6-8-15/h4-8,13-14,16H,9-12H2,1-3H3/t14-,16-/m0/s1. The van der Waals surface area contributed by atoms with E-state index in [1.54, 1.807) is 0 Å². The summed E-state index contributed by atoms with van der Waals surface area (Å²) in [6.07, 6.45) is 1.33. The molecule has 1 aliphatic heterocycles. The molecule has 2 atom stereocenters. The number of benzene rings is 1. The maximum atomic E-state index is 2.64. The molecule has 1 nitrogen and oxygen atoms in total. The molecule has 0 N–H and O–H groups in total. The average Bonchev–Trinajstić information content (AvgIpc) is 2.78. The first-order valence-corrected chi connectivity index (χ1v) is 6.94. The van der Waals surface area contributed by atoms with Gasteiger partial charge in [0.15, 0.2) is 0 Å². The zero-order chi connectivity index (χ0) is 12.3. The number of likely N-dealkylation sites (tertiary alicyclic amines) is 1. The van der Waals surface area contributed by atoms with Gasteiger partial charge in [-0.3, -0.25) is 0 Å². The predicted molar refractivity (Wildman–Crippen MR) is 74.2 cm³/mol. The Morgan fingerprint density at radius 1 is 1.18 bits per heavy atom. The van der Waals surface area contributed by atoms with Gasteiger partial charge in [0.1, 0.15) is 0 Å². The topological polar surface area (TPSA) is 3.24 Å². The quantitative estimate of drug-likeness (QED) is 0.762. The van der Waals surface area contributed by atoms with E-state index in [-0.39, 0.29) is 0 Å². The van der Waals surface area contributed by atoms with Crippen molar-refractivity contribution in [1.29, 1.82) is 0 Å². The lowest BCUT2D eigenvalue weighted by atomic mass is 9.97. The van der Waals surface area contributed by atoms with Crippen LogP contribution >= 0.6 is 0 Å². The Morgan fingerprint density at radius 3 is 2.53 bits per heavy atom. The third-order valence-electron chi connectivity index (χ3n) is 4.23. The van der Waals surface area contributed by atoms with Gasteiger partial charge in [-0.25, -0.2) is 0 Å². The Morgan fingerprint density at radius 2 is 1.88 bits per heavy atom. The molecule has 1 aliphatic rings. The molecule has 0 amide bonds. The highest BCUT2D eigenvalue weighted by atomic mass is 15.1. The zero-order valence-electron chi connectivity index (χ0n) is 11.4. The second kappa shape index (κ2) is 5.68. The summed E-state index contributed by atoms with van der Waals surface area (Å²) in [7, 11) is 0. The number of rotatable bonds is 4. The van der Waals surface area contributed by atoms with Gasteiger partial charge >= 0.3 is 0 Å². The van der Waals surface area contributed by atoms with Crippen LogP contribution in [-0.2, 0) is 0 Å². The molecule has 0 unspecified atom stereocenters. The Bertz CT molecular complexity index is 331. The lowest BCUT2D eigenvalue weighted by Gasteiger charge is -2.23. The van der Waals surface area contributed by atoms with Crippen molar-refractivity contribution in [1.82, 2.24) is 4.90 Å². The van der Waals surface area contributed by atoms with Crippen molar-refractivity contribution >= 4 is 0 Å². The Labute approximate surface area is 106 Å². The summed E-state index contributed by atoms with van der Waals surface area (Å²) >= 11 is 0. The first kappa shape index (κ1) is 12.6. The molecule has 2 rings (SSSR count). The van der Waals surface area contributed by atoms with Gasteiger partial charge in [-0.1, -0.05) is 51.1 Å². The molecular weight excluding hydrogens is 206 g/mol. The van der Waals surface area contributed by atoms with Crippen molar-refractivity contribution in [2.24, 2.45) is 11.8 Å². The molecule has 0 radical (unpaired) electrons. The van der Waals surface area contributed by atoms with E-state index in [1.807, 2.05) is 0 Å². The molecule has 1 aromatic rings. The molecule has 0 aliphatic carbocycles. The molecule has 1 saturated heterocycles. The van der Waals surface area contributed by atoms with E-state index in [2.05, 4.69) is 56.0 Å². The van der Waals surface area contributed by atoms with Crippen molar-refractivity contribution in [3.05, 3.63) is 35.9 Å². The van der Waals surface area contributed by atoms with Gasteiger partial charge in [-0.05, 0) is 36.3 Å². The van der Waals surface area contributed by atoms with Crippen LogP contribution in [0.2, 0.25) is 0 Å². The van der Waals surface area contributed by atoms with Gasteiger partial charge in [0.25, 0.3) is 0 Å². The van der Waals surface area contributed by atoms with E-state index in [0.29, 0.717) is 0 Å². The number of hydrogen-bond donors (Lipinski definition) is 0. The van der Waals surface area contributed by atoms with Crippen LogP contribution in [0.3, 0.4) is 0 Å². The monoisotopic (exact) mass is 231 g/mol. The van der Waals surface area contributed by atoms with E-state index >= 15 is 0 Å². The minimum atomic E-state index is 0.760. The lowest BCUT2D eigenvalue weighted by molar-refractivity contribution is 0.248. The van der Waals surface area contributed by atoms with Gasteiger partial charge in [-0.15, -0.1) is 0 Å². The van der Waals surface area contributed by atoms with Crippen molar-refractivity contribution in [2.45, 2.75) is 33.1 Å². The summed E-state index contributed by atoms with van der Waals surface area (Å²) in [5.74, 6) is 2.37. The maximum absolute atomic E-state index is 2.64. The van der Waals surface area contributed by atoms with Crippen LogP contribution in [0.25, 0.3) is 0 Å². The minimum absolute atomic E-state index is 0.760. The summed E-state index contributed by atoms with van der Waals surface area (Å²) in [6.45, 7) is 10.8. The highest BCUT2D eigenvalue weighted by molar-refractivity contribution is 5.20. The summed E-state index contributed by atoms with van der Waals surface area (Å²) < 4.78 is 0. The highest BCUT2D eigenvalue weighted by Crippen LogP contribution is 2.28. The Kier molecular flexibility index (Phi) is 4.22. The molecule has 0 spiro atoms. The normalized spacial score (nSPS) is 23.2.